The van der Waals surface area contributed by atoms with Crippen LogP contribution in [0.3, 0.4) is 0 Å². The van der Waals surface area contributed by atoms with Gasteiger partial charge in [-0.1, -0.05) is 0 Å². The summed E-state index contributed by atoms with van der Waals surface area (Å²) in [6, 6.07) is 4.30. The summed E-state index contributed by atoms with van der Waals surface area (Å²) >= 11 is 0. The molecule has 1 aliphatic carbocycles. The minimum atomic E-state index is 0.204. The van der Waals surface area contributed by atoms with E-state index in [2.05, 4.69) is 0 Å². The average Bonchev–Trinajstić information content (AvgIpc) is 2.19. The van der Waals surface area contributed by atoms with Crippen molar-refractivity contribution >= 4 is 0 Å². The molecule has 3 nitrogen and oxygen atoms in total. The van der Waals surface area contributed by atoms with Gasteiger partial charge in [-0.3, -0.25) is 0 Å². The van der Waals surface area contributed by atoms with E-state index in [1.807, 2.05) is 19.1 Å². The molecule has 2 rings (SSSR count). The highest BCUT2D eigenvalue weighted by Crippen LogP contribution is 2.43. The van der Waals surface area contributed by atoms with E-state index in [-0.39, 0.29) is 6.04 Å². The number of ether oxygens (including phenoxy) is 2. The molecule has 0 saturated heterocycles. The number of fused-ring (bicyclic) bond motifs is 1. The van der Waals surface area contributed by atoms with Gasteiger partial charge >= 0.3 is 0 Å². The lowest BCUT2D eigenvalue weighted by molar-refractivity contribution is 0.351. The lowest BCUT2D eigenvalue weighted by Gasteiger charge is -2.33. The summed E-state index contributed by atoms with van der Waals surface area (Å²) in [5.41, 5.74) is 8.54. The van der Waals surface area contributed by atoms with Gasteiger partial charge in [0.15, 0.2) is 11.5 Å². The molecule has 0 amide bonds. The third-order valence-corrected chi connectivity index (χ3v) is 3.12. The maximum absolute atomic E-state index is 5.90. The van der Waals surface area contributed by atoms with Gasteiger partial charge in [0.2, 0.25) is 0 Å². The molecular formula is C12H17NO2. The van der Waals surface area contributed by atoms with Crippen LogP contribution in [0.15, 0.2) is 12.1 Å². The number of hydrogen-bond donors (Lipinski definition) is 1. The summed E-state index contributed by atoms with van der Waals surface area (Å²) in [5, 5.41) is 0. The highest BCUT2D eigenvalue weighted by atomic mass is 16.5. The Balaban J connectivity index is 2.36. The topological polar surface area (TPSA) is 44.5 Å². The van der Waals surface area contributed by atoms with Crippen LogP contribution in [0.5, 0.6) is 11.5 Å². The zero-order chi connectivity index (χ0) is 11.0. The minimum Gasteiger partial charge on any atom is -0.493 e. The summed E-state index contributed by atoms with van der Waals surface area (Å²) in [6.07, 6.45) is 1.05. The minimum absolute atomic E-state index is 0.204. The Morgan fingerprint density at radius 1 is 1.27 bits per heavy atom. The fourth-order valence-corrected chi connectivity index (χ4v) is 2.14. The largest absolute Gasteiger partial charge is 0.493 e. The van der Waals surface area contributed by atoms with Gasteiger partial charge in [-0.2, -0.15) is 0 Å². The second-order valence-corrected chi connectivity index (χ2v) is 4.08. The summed E-state index contributed by atoms with van der Waals surface area (Å²) in [6.45, 7) is 2.05. The molecular weight excluding hydrogens is 190 g/mol. The second-order valence-electron chi connectivity index (χ2n) is 4.08. The summed E-state index contributed by atoms with van der Waals surface area (Å²) in [4.78, 5) is 0. The van der Waals surface area contributed by atoms with Crippen molar-refractivity contribution in [2.24, 2.45) is 5.73 Å². The molecule has 0 aromatic heterocycles. The Labute approximate surface area is 90.2 Å². The molecule has 1 aliphatic rings. The molecule has 2 N–H and O–H groups in total. The number of methoxy groups -OCH3 is 2. The number of hydrogen-bond acceptors (Lipinski definition) is 3. The molecule has 1 unspecified atom stereocenters. The first kappa shape index (κ1) is 10.3. The van der Waals surface area contributed by atoms with Crippen LogP contribution < -0.4 is 15.2 Å². The van der Waals surface area contributed by atoms with Crippen molar-refractivity contribution < 1.29 is 9.47 Å². The maximum atomic E-state index is 5.90. The first-order valence-electron chi connectivity index (χ1n) is 5.17. The van der Waals surface area contributed by atoms with Gasteiger partial charge in [0.25, 0.3) is 0 Å². The zero-order valence-corrected chi connectivity index (χ0v) is 9.41. The Kier molecular flexibility index (Phi) is 2.57. The number of nitrogens with two attached hydrogens (primary N) is 1. The first-order chi connectivity index (χ1) is 7.17. The van der Waals surface area contributed by atoms with Crippen LogP contribution >= 0.6 is 0 Å². The highest BCUT2D eigenvalue weighted by molar-refractivity contribution is 5.53. The van der Waals surface area contributed by atoms with Gasteiger partial charge in [-0.05, 0) is 36.6 Å². The molecule has 0 bridgehead atoms. The molecule has 0 aliphatic heterocycles. The molecule has 0 spiro atoms. The van der Waals surface area contributed by atoms with Gasteiger partial charge in [0.1, 0.15) is 0 Å². The molecule has 1 aromatic carbocycles. The Morgan fingerprint density at radius 2 is 1.87 bits per heavy atom. The van der Waals surface area contributed by atoms with Gasteiger partial charge in [0, 0.05) is 12.0 Å². The normalized spacial score (nSPS) is 20.1. The quantitative estimate of drug-likeness (QED) is 0.820. The van der Waals surface area contributed by atoms with E-state index in [0.29, 0.717) is 5.92 Å². The molecule has 2 atom stereocenters. The van der Waals surface area contributed by atoms with Gasteiger partial charge in [-0.25, -0.2) is 0 Å². The van der Waals surface area contributed by atoms with Crippen molar-refractivity contribution in [3.05, 3.63) is 23.3 Å². The molecule has 3 heteroatoms. The predicted octanol–water partition coefficient (Wildman–Crippen LogP) is 1.69. The van der Waals surface area contributed by atoms with E-state index in [0.717, 1.165) is 17.9 Å². The summed E-state index contributed by atoms with van der Waals surface area (Å²) < 4.78 is 10.5. The van der Waals surface area contributed by atoms with Crippen molar-refractivity contribution in [3.63, 3.8) is 0 Å². The van der Waals surface area contributed by atoms with E-state index < -0.39 is 0 Å². The number of benzene rings is 1. The highest BCUT2D eigenvalue weighted by Gasteiger charge is 2.30. The van der Waals surface area contributed by atoms with Crippen LogP contribution in [0.25, 0.3) is 0 Å². The van der Waals surface area contributed by atoms with E-state index in [4.69, 9.17) is 15.2 Å². The molecule has 0 heterocycles. The molecule has 1 aromatic rings. The summed E-state index contributed by atoms with van der Waals surface area (Å²) in [5.74, 6) is 2.07. The fourth-order valence-electron chi connectivity index (χ4n) is 2.14. The van der Waals surface area contributed by atoms with Crippen molar-refractivity contribution in [1.82, 2.24) is 0 Å². The third-order valence-electron chi connectivity index (χ3n) is 3.12. The number of rotatable bonds is 3. The predicted molar refractivity (Wildman–Crippen MR) is 59.6 cm³/mol. The van der Waals surface area contributed by atoms with Crippen molar-refractivity contribution in [2.75, 3.05) is 14.2 Å². The van der Waals surface area contributed by atoms with Crippen LogP contribution in [-0.2, 0) is 6.42 Å². The second kappa shape index (κ2) is 3.74. The SMILES string of the molecule is COc1cc2c(cc1OC)[C@@H](C(C)N)C2. The fraction of sp³-hybridized carbons (Fsp3) is 0.500. The maximum Gasteiger partial charge on any atom is 0.161 e. The Bertz CT molecular complexity index is 374. The van der Waals surface area contributed by atoms with Crippen molar-refractivity contribution in [3.8, 4) is 11.5 Å². The van der Waals surface area contributed by atoms with E-state index in [1.165, 1.54) is 11.1 Å². The average molecular weight is 207 g/mol. The zero-order valence-electron chi connectivity index (χ0n) is 9.41. The monoisotopic (exact) mass is 207 g/mol. The molecule has 0 saturated carbocycles. The Hall–Kier alpha value is -1.22. The van der Waals surface area contributed by atoms with E-state index in [1.54, 1.807) is 14.2 Å². The van der Waals surface area contributed by atoms with E-state index in [9.17, 15) is 0 Å². The third kappa shape index (κ3) is 1.57. The first-order valence-corrected chi connectivity index (χ1v) is 5.17. The lowest BCUT2D eigenvalue weighted by atomic mass is 9.74. The van der Waals surface area contributed by atoms with Crippen LogP contribution in [0, 0.1) is 0 Å². The van der Waals surface area contributed by atoms with Gasteiger partial charge in [-0.15, -0.1) is 0 Å². The van der Waals surface area contributed by atoms with Crippen LogP contribution in [0.2, 0.25) is 0 Å². The molecule has 82 valence electrons. The standard InChI is InChI=1S/C12H17NO2/c1-7(13)9-4-8-5-11(14-2)12(15-3)6-10(8)9/h5-7,9H,4,13H2,1-3H3/t7?,9-/m1/s1. The van der Waals surface area contributed by atoms with Gasteiger partial charge < -0.3 is 15.2 Å². The van der Waals surface area contributed by atoms with E-state index >= 15 is 0 Å². The van der Waals surface area contributed by atoms with Crippen molar-refractivity contribution in [2.45, 2.75) is 25.3 Å². The van der Waals surface area contributed by atoms with Crippen LogP contribution in [-0.4, -0.2) is 20.3 Å². The van der Waals surface area contributed by atoms with Gasteiger partial charge in [0.05, 0.1) is 14.2 Å². The molecule has 0 fully saturated rings. The Morgan fingerprint density at radius 3 is 2.40 bits per heavy atom. The van der Waals surface area contributed by atoms with Crippen LogP contribution in [0.4, 0.5) is 0 Å². The molecule has 0 radical (unpaired) electrons. The molecule has 15 heavy (non-hydrogen) atoms. The summed E-state index contributed by atoms with van der Waals surface area (Å²) in [7, 11) is 3.32. The lowest BCUT2D eigenvalue weighted by Crippen LogP contribution is -2.33. The smallest absolute Gasteiger partial charge is 0.161 e. The van der Waals surface area contributed by atoms with Crippen molar-refractivity contribution in [1.29, 1.82) is 0 Å². The van der Waals surface area contributed by atoms with Crippen LogP contribution in [0.1, 0.15) is 24.0 Å².